The number of hydrogen-bond acceptors (Lipinski definition) is 4. The van der Waals surface area contributed by atoms with Gasteiger partial charge >= 0.3 is 0 Å². The lowest BCUT2D eigenvalue weighted by atomic mass is 9.89. The molecule has 1 aromatic heterocycles. The lowest BCUT2D eigenvalue weighted by Crippen LogP contribution is -2.23. The Morgan fingerprint density at radius 2 is 1.74 bits per heavy atom. The SMILES string of the molecule is CC(C)(C)c1ncc(NCCCN)c(C(C)(C)C)n1. The molecule has 1 aromatic rings. The molecule has 0 aliphatic rings. The molecule has 0 saturated heterocycles. The lowest BCUT2D eigenvalue weighted by molar-refractivity contribution is 0.514. The zero-order valence-electron chi connectivity index (χ0n) is 13.2. The molecule has 4 nitrogen and oxygen atoms in total. The molecular formula is C15H28N4. The molecule has 0 amide bonds. The van der Waals surface area contributed by atoms with E-state index in [1.54, 1.807) is 0 Å². The van der Waals surface area contributed by atoms with Crippen molar-refractivity contribution in [3.8, 4) is 0 Å². The highest BCUT2D eigenvalue weighted by Gasteiger charge is 2.24. The fourth-order valence-corrected chi connectivity index (χ4v) is 1.77. The van der Waals surface area contributed by atoms with E-state index in [1.807, 2.05) is 6.20 Å². The number of anilines is 1. The number of rotatable bonds is 4. The van der Waals surface area contributed by atoms with Crippen molar-refractivity contribution in [2.45, 2.75) is 58.8 Å². The second-order valence-corrected chi connectivity index (χ2v) is 7.02. The molecular weight excluding hydrogens is 236 g/mol. The Balaban J connectivity index is 3.11. The highest BCUT2D eigenvalue weighted by Crippen LogP contribution is 2.29. The summed E-state index contributed by atoms with van der Waals surface area (Å²) in [4.78, 5) is 9.29. The summed E-state index contributed by atoms with van der Waals surface area (Å²) in [7, 11) is 0. The van der Waals surface area contributed by atoms with Gasteiger partial charge in [-0.3, -0.25) is 0 Å². The molecule has 0 fully saturated rings. The molecule has 0 atom stereocenters. The Labute approximate surface area is 117 Å². The highest BCUT2D eigenvalue weighted by atomic mass is 15.0. The molecule has 4 heteroatoms. The summed E-state index contributed by atoms with van der Waals surface area (Å²) in [6, 6.07) is 0. The summed E-state index contributed by atoms with van der Waals surface area (Å²) in [6.07, 6.45) is 2.86. The predicted molar refractivity (Wildman–Crippen MR) is 81.6 cm³/mol. The van der Waals surface area contributed by atoms with Crippen LogP contribution in [0.1, 0.15) is 59.5 Å². The molecule has 0 radical (unpaired) electrons. The summed E-state index contributed by atoms with van der Waals surface area (Å²) in [5, 5.41) is 3.39. The van der Waals surface area contributed by atoms with Gasteiger partial charge in [0.15, 0.2) is 0 Å². The number of nitrogens with two attached hydrogens (primary N) is 1. The monoisotopic (exact) mass is 264 g/mol. The van der Waals surface area contributed by atoms with Crippen LogP contribution in [0.25, 0.3) is 0 Å². The van der Waals surface area contributed by atoms with Crippen LogP contribution < -0.4 is 11.1 Å². The molecule has 3 N–H and O–H groups in total. The molecule has 0 aliphatic heterocycles. The van der Waals surface area contributed by atoms with Gasteiger partial charge in [0.05, 0.1) is 17.6 Å². The standard InChI is InChI=1S/C15H28N4/c1-14(2,3)12-11(17-9-7-8-16)10-18-13(19-12)15(4,5)6/h10,17H,7-9,16H2,1-6H3. The number of aromatic nitrogens is 2. The molecule has 0 bridgehead atoms. The third-order valence-electron chi connectivity index (χ3n) is 2.87. The predicted octanol–water partition coefficient (Wildman–Crippen LogP) is 2.83. The topological polar surface area (TPSA) is 63.8 Å². The van der Waals surface area contributed by atoms with Crippen LogP contribution in [0.5, 0.6) is 0 Å². The van der Waals surface area contributed by atoms with Crippen molar-refractivity contribution >= 4 is 5.69 Å². The quantitative estimate of drug-likeness (QED) is 0.821. The van der Waals surface area contributed by atoms with Crippen molar-refractivity contribution in [3.63, 3.8) is 0 Å². The molecule has 1 heterocycles. The maximum absolute atomic E-state index is 5.53. The second kappa shape index (κ2) is 5.87. The average Bonchev–Trinajstić information content (AvgIpc) is 2.27. The Morgan fingerprint density at radius 1 is 1.11 bits per heavy atom. The van der Waals surface area contributed by atoms with Gasteiger partial charge in [0.2, 0.25) is 0 Å². The van der Waals surface area contributed by atoms with Crippen LogP contribution in [-0.4, -0.2) is 23.1 Å². The number of hydrogen-bond donors (Lipinski definition) is 2. The van der Waals surface area contributed by atoms with Crippen LogP contribution in [0, 0.1) is 0 Å². The largest absolute Gasteiger partial charge is 0.382 e. The molecule has 0 spiro atoms. The summed E-state index contributed by atoms with van der Waals surface area (Å²) in [5.41, 5.74) is 7.58. The normalized spacial score (nSPS) is 12.6. The van der Waals surface area contributed by atoms with Crippen molar-refractivity contribution in [3.05, 3.63) is 17.7 Å². The van der Waals surface area contributed by atoms with E-state index in [9.17, 15) is 0 Å². The third kappa shape index (κ3) is 4.46. The molecule has 1 rings (SSSR count). The zero-order chi connectivity index (χ0) is 14.7. The smallest absolute Gasteiger partial charge is 0.134 e. The number of nitrogens with one attached hydrogen (secondary N) is 1. The third-order valence-corrected chi connectivity index (χ3v) is 2.87. The Hall–Kier alpha value is -1.16. The van der Waals surface area contributed by atoms with E-state index in [-0.39, 0.29) is 10.8 Å². The molecule has 0 aromatic carbocycles. The molecule has 0 unspecified atom stereocenters. The van der Waals surface area contributed by atoms with Gasteiger partial charge in [-0.2, -0.15) is 0 Å². The van der Waals surface area contributed by atoms with Crippen molar-refractivity contribution in [1.82, 2.24) is 9.97 Å². The molecule has 0 saturated carbocycles. The van der Waals surface area contributed by atoms with Gasteiger partial charge in [-0.1, -0.05) is 41.5 Å². The van der Waals surface area contributed by atoms with Crippen LogP contribution in [0.2, 0.25) is 0 Å². The van der Waals surface area contributed by atoms with Gasteiger partial charge in [-0.05, 0) is 13.0 Å². The van der Waals surface area contributed by atoms with Crippen LogP contribution in [-0.2, 0) is 10.8 Å². The van der Waals surface area contributed by atoms with Gasteiger partial charge in [0.1, 0.15) is 5.82 Å². The van der Waals surface area contributed by atoms with E-state index in [0.717, 1.165) is 30.2 Å². The van der Waals surface area contributed by atoms with Crippen LogP contribution >= 0.6 is 0 Å². The van der Waals surface area contributed by atoms with Crippen molar-refractivity contribution in [2.75, 3.05) is 18.4 Å². The minimum atomic E-state index is -0.0320. The Kier molecular flexibility index (Phi) is 4.91. The second-order valence-electron chi connectivity index (χ2n) is 7.02. The van der Waals surface area contributed by atoms with Crippen LogP contribution in [0.3, 0.4) is 0 Å². The maximum atomic E-state index is 5.53. The van der Waals surface area contributed by atoms with Crippen molar-refractivity contribution < 1.29 is 0 Å². The fourth-order valence-electron chi connectivity index (χ4n) is 1.77. The van der Waals surface area contributed by atoms with Gasteiger partial charge in [0.25, 0.3) is 0 Å². The average molecular weight is 264 g/mol. The molecule has 108 valence electrons. The lowest BCUT2D eigenvalue weighted by Gasteiger charge is -2.25. The van der Waals surface area contributed by atoms with E-state index >= 15 is 0 Å². The van der Waals surface area contributed by atoms with Gasteiger partial charge in [0, 0.05) is 17.4 Å². The van der Waals surface area contributed by atoms with E-state index in [0.29, 0.717) is 6.54 Å². The summed E-state index contributed by atoms with van der Waals surface area (Å²) in [6.45, 7) is 14.5. The number of nitrogens with zero attached hydrogens (tertiary/aromatic N) is 2. The van der Waals surface area contributed by atoms with E-state index in [4.69, 9.17) is 10.7 Å². The van der Waals surface area contributed by atoms with Gasteiger partial charge < -0.3 is 11.1 Å². The fraction of sp³-hybridized carbons (Fsp3) is 0.733. The van der Waals surface area contributed by atoms with E-state index in [2.05, 4.69) is 51.8 Å². The minimum Gasteiger partial charge on any atom is -0.382 e. The summed E-state index contributed by atoms with van der Waals surface area (Å²) >= 11 is 0. The Bertz CT molecular complexity index is 413. The summed E-state index contributed by atoms with van der Waals surface area (Å²) < 4.78 is 0. The van der Waals surface area contributed by atoms with Crippen LogP contribution in [0.15, 0.2) is 6.20 Å². The highest BCUT2D eigenvalue weighted by molar-refractivity contribution is 5.49. The molecule has 0 aliphatic carbocycles. The Morgan fingerprint density at radius 3 is 2.21 bits per heavy atom. The maximum Gasteiger partial charge on any atom is 0.134 e. The van der Waals surface area contributed by atoms with Gasteiger partial charge in [-0.25, -0.2) is 9.97 Å². The summed E-state index contributed by atoms with van der Waals surface area (Å²) in [5.74, 6) is 0.891. The molecule has 19 heavy (non-hydrogen) atoms. The first-order chi connectivity index (χ1) is 8.66. The van der Waals surface area contributed by atoms with Crippen LogP contribution in [0.4, 0.5) is 5.69 Å². The van der Waals surface area contributed by atoms with Gasteiger partial charge in [-0.15, -0.1) is 0 Å². The zero-order valence-corrected chi connectivity index (χ0v) is 13.2. The van der Waals surface area contributed by atoms with Crippen molar-refractivity contribution in [2.24, 2.45) is 5.73 Å². The first-order valence-corrected chi connectivity index (χ1v) is 6.98. The van der Waals surface area contributed by atoms with Crippen molar-refractivity contribution in [1.29, 1.82) is 0 Å². The first kappa shape index (κ1) is 15.9. The first-order valence-electron chi connectivity index (χ1n) is 6.98. The van der Waals surface area contributed by atoms with E-state index in [1.165, 1.54) is 0 Å². The minimum absolute atomic E-state index is 0.00596. The van der Waals surface area contributed by atoms with E-state index < -0.39 is 0 Å².